The molecule has 3 aliphatic heterocycles. The first kappa shape index (κ1) is 24.2. The highest BCUT2D eigenvalue weighted by Gasteiger charge is 2.49. The molecule has 2 N–H and O–H groups in total. The zero-order valence-electron chi connectivity index (χ0n) is 19.6. The van der Waals surface area contributed by atoms with Crippen molar-refractivity contribution in [2.24, 2.45) is 23.7 Å². The lowest BCUT2D eigenvalue weighted by atomic mass is 9.73. The van der Waals surface area contributed by atoms with Crippen LogP contribution in [-0.2, 0) is 14.3 Å². The van der Waals surface area contributed by atoms with Gasteiger partial charge in [-0.15, -0.1) is 6.58 Å². The van der Waals surface area contributed by atoms with E-state index in [0.29, 0.717) is 18.3 Å². The number of benzene rings is 1. The first-order chi connectivity index (χ1) is 16.4. The number of esters is 1. The van der Waals surface area contributed by atoms with Gasteiger partial charge in [0.25, 0.3) is 0 Å². The smallest absolute Gasteiger partial charge is 0.309 e. The number of carbonyl (C=O) groups excluding carboxylic acids is 1. The normalized spacial score (nSPS) is 30.0. The van der Waals surface area contributed by atoms with E-state index in [1.807, 2.05) is 24.3 Å². The van der Waals surface area contributed by atoms with Gasteiger partial charge in [0.05, 0.1) is 37.7 Å². The molecule has 2 bridgehead atoms. The van der Waals surface area contributed by atoms with Crippen LogP contribution in [0.5, 0.6) is 5.75 Å². The number of ether oxygens (including phenoxy) is 2. The van der Waals surface area contributed by atoms with E-state index in [2.05, 4.69) is 27.3 Å². The van der Waals surface area contributed by atoms with Gasteiger partial charge in [-0.25, -0.2) is 0 Å². The van der Waals surface area contributed by atoms with Gasteiger partial charge >= 0.3 is 11.9 Å². The van der Waals surface area contributed by atoms with Crippen LogP contribution in [0, 0.1) is 23.7 Å². The Balaban J connectivity index is 0.000000231. The van der Waals surface area contributed by atoms with Gasteiger partial charge in [0, 0.05) is 24.2 Å². The Kier molecular flexibility index (Phi) is 7.19. The quantitative estimate of drug-likeness (QED) is 0.492. The number of methoxy groups -OCH3 is 2. The predicted molar refractivity (Wildman–Crippen MR) is 126 cm³/mol. The molecule has 1 aliphatic carbocycles. The number of carboxylic acid groups (broad SMARTS) is 1. The van der Waals surface area contributed by atoms with Crippen molar-refractivity contribution in [2.75, 3.05) is 27.3 Å². The average molecular weight is 469 g/mol. The number of aliphatic hydroxyl groups is 1. The van der Waals surface area contributed by atoms with Crippen LogP contribution < -0.4 is 4.74 Å². The lowest BCUT2D eigenvalue weighted by Crippen LogP contribution is -2.54. The van der Waals surface area contributed by atoms with Crippen molar-refractivity contribution in [2.45, 2.75) is 31.4 Å². The van der Waals surface area contributed by atoms with Crippen molar-refractivity contribution in [1.82, 2.24) is 9.88 Å². The largest absolute Gasteiger partial charge is 0.497 e. The molecule has 6 rings (SSSR count). The standard InChI is InChI=1S/C20H24N2O2.C6H8O4/c1-3-13-12-22-9-7-14(13)10-19(22)20(23)16-6-8-21-18-5-4-15(24-2)11-17(16)18;1-10-6(9)4-2-3(4)5(7)8/h3-6,8,11,13-14,19-20,23H,1,7,9-10,12H2,2H3;3-4H,2H2,1H3,(H,7,8)/t13-,14-,19?,20?;3-,4-/m01/s1. The molecule has 3 saturated heterocycles. The van der Waals surface area contributed by atoms with E-state index < -0.39 is 24.0 Å². The summed E-state index contributed by atoms with van der Waals surface area (Å²) in [6.45, 7) is 6.07. The SMILES string of the molecule is C=C[C@H]1CN2CC[C@H]1CC2C(O)c1ccnc2ccc(OC)cc12.COC(=O)[C@@H]1C[C@H]1C(=O)O. The minimum atomic E-state index is -0.907. The maximum Gasteiger partial charge on any atom is 0.309 e. The van der Waals surface area contributed by atoms with Crippen LogP contribution in [0.4, 0.5) is 0 Å². The van der Waals surface area contributed by atoms with E-state index in [1.54, 1.807) is 13.3 Å². The van der Waals surface area contributed by atoms with Crippen molar-refractivity contribution in [1.29, 1.82) is 0 Å². The Labute approximate surface area is 199 Å². The Bertz CT molecular complexity index is 1070. The van der Waals surface area contributed by atoms with Gasteiger partial charge in [-0.3, -0.25) is 19.5 Å². The van der Waals surface area contributed by atoms with E-state index in [-0.39, 0.29) is 12.0 Å². The fourth-order valence-electron chi connectivity index (χ4n) is 5.32. The number of aromatic nitrogens is 1. The van der Waals surface area contributed by atoms with Crippen molar-refractivity contribution >= 4 is 22.8 Å². The molecule has 3 unspecified atom stereocenters. The van der Waals surface area contributed by atoms with Crippen LogP contribution in [0.15, 0.2) is 43.1 Å². The van der Waals surface area contributed by atoms with Gasteiger partial charge in [0.1, 0.15) is 5.75 Å². The van der Waals surface area contributed by atoms with Crippen molar-refractivity contribution < 1.29 is 29.3 Å². The van der Waals surface area contributed by atoms with Crippen LogP contribution in [0.2, 0.25) is 0 Å². The number of hydrogen-bond acceptors (Lipinski definition) is 7. The Morgan fingerprint density at radius 2 is 2.03 bits per heavy atom. The third-order valence-electron chi connectivity index (χ3n) is 7.43. The fourth-order valence-corrected chi connectivity index (χ4v) is 5.32. The number of fused-ring (bicyclic) bond motifs is 4. The molecule has 8 nitrogen and oxygen atoms in total. The second-order valence-corrected chi connectivity index (χ2v) is 9.28. The monoisotopic (exact) mass is 468 g/mol. The molecule has 4 aliphatic rings. The molecule has 0 radical (unpaired) electrons. The highest BCUT2D eigenvalue weighted by molar-refractivity contribution is 5.86. The summed E-state index contributed by atoms with van der Waals surface area (Å²) in [5, 5.41) is 20.5. The van der Waals surface area contributed by atoms with E-state index in [4.69, 9.17) is 9.84 Å². The molecule has 0 amide bonds. The van der Waals surface area contributed by atoms with Gasteiger partial charge < -0.3 is 19.7 Å². The summed E-state index contributed by atoms with van der Waals surface area (Å²) < 4.78 is 9.70. The van der Waals surface area contributed by atoms with E-state index in [9.17, 15) is 14.7 Å². The molecule has 7 atom stereocenters. The number of aliphatic carboxylic acids is 1. The number of nitrogens with zero attached hydrogens (tertiary/aromatic N) is 2. The second kappa shape index (κ2) is 10.1. The third-order valence-corrected chi connectivity index (χ3v) is 7.43. The molecule has 34 heavy (non-hydrogen) atoms. The van der Waals surface area contributed by atoms with Crippen molar-refractivity contribution in [3.63, 3.8) is 0 Å². The molecule has 1 saturated carbocycles. The summed E-state index contributed by atoms with van der Waals surface area (Å²) >= 11 is 0. The van der Waals surface area contributed by atoms with Crippen LogP contribution >= 0.6 is 0 Å². The minimum absolute atomic E-state index is 0.178. The lowest BCUT2D eigenvalue weighted by molar-refractivity contribution is -0.146. The Hall–Kier alpha value is -2.97. The highest BCUT2D eigenvalue weighted by Crippen LogP contribution is 2.42. The molecular formula is C26H32N2O6. The summed E-state index contributed by atoms with van der Waals surface area (Å²) in [5.41, 5.74) is 1.85. The number of carbonyl (C=O) groups is 2. The zero-order chi connectivity index (χ0) is 24.4. The Morgan fingerprint density at radius 3 is 2.62 bits per heavy atom. The molecule has 2 aromatic rings. The van der Waals surface area contributed by atoms with Crippen LogP contribution in [0.25, 0.3) is 10.9 Å². The summed E-state index contributed by atoms with van der Waals surface area (Å²) in [7, 11) is 2.93. The van der Waals surface area contributed by atoms with Gasteiger partial charge in [0.15, 0.2) is 0 Å². The number of rotatable bonds is 6. The first-order valence-corrected chi connectivity index (χ1v) is 11.7. The maximum absolute atomic E-state index is 11.2. The van der Waals surface area contributed by atoms with Gasteiger partial charge in [-0.1, -0.05) is 6.08 Å². The summed E-state index contributed by atoms with van der Waals surface area (Å²) in [6, 6.07) is 7.96. The molecule has 4 heterocycles. The molecule has 1 aromatic carbocycles. The predicted octanol–water partition coefficient (Wildman–Crippen LogP) is 3.05. The van der Waals surface area contributed by atoms with E-state index in [0.717, 1.165) is 41.7 Å². The molecule has 4 fully saturated rings. The minimum Gasteiger partial charge on any atom is -0.497 e. The summed E-state index contributed by atoms with van der Waals surface area (Å²) in [6.07, 6.45) is 6.05. The number of hydrogen-bond donors (Lipinski definition) is 2. The Morgan fingerprint density at radius 1 is 1.24 bits per heavy atom. The molecular weight excluding hydrogens is 436 g/mol. The number of aliphatic hydroxyl groups excluding tert-OH is 1. The van der Waals surface area contributed by atoms with E-state index >= 15 is 0 Å². The van der Waals surface area contributed by atoms with Crippen LogP contribution in [0.3, 0.4) is 0 Å². The molecule has 1 aromatic heterocycles. The zero-order valence-corrected chi connectivity index (χ0v) is 19.6. The van der Waals surface area contributed by atoms with Crippen molar-refractivity contribution in [3.05, 3.63) is 48.7 Å². The topological polar surface area (TPSA) is 109 Å². The second-order valence-electron chi connectivity index (χ2n) is 9.28. The number of pyridine rings is 1. The summed E-state index contributed by atoms with van der Waals surface area (Å²) in [5.74, 6) is -0.190. The highest BCUT2D eigenvalue weighted by atomic mass is 16.5. The summed E-state index contributed by atoms with van der Waals surface area (Å²) in [4.78, 5) is 27.6. The van der Waals surface area contributed by atoms with Crippen molar-refractivity contribution in [3.8, 4) is 5.75 Å². The molecule has 182 valence electrons. The first-order valence-electron chi connectivity index (χ1n) is 11.7. The molecule has 0 spiro atoms. The van der Waals surface area contributed by atoms with Crippen LogP contribution in [-0.4, -0.2) is 65.4 Å². The van der Waals surface area contributed by atoms with E-state index in [1.165, 1.54) is 13.5 Å². The van der Waals surface area contributed by atoms with Crippen LogP contribution in [0.1, 0.15) is 30.9 Å². The van der Waals surface area contributed by atoms with Gasteiger partial charge in [-0.05, 0) is 67.5 Å². The third kappa shape index (κ3) is 4.79. The van der Waals surface area contributed by atoms with Gasteiger partial charge in [0.2, 0.25) is 0 Å². The lowest BCUT2D eigenvalue weighted by Gasteiger charge is -2.50. The number of piperidine rings is 3. The number of carboxylic acids is 1. The maximum atomic E-state index is 11.2. The molecule has 8 heteroatoms. The van der Waals surface area contributed by atoms with Gasteiger partial charge in [-0.2, -0.15) is 0 Å². The average Bonchev–Trinajstić information content (AvgIpc) is 3.69. The fraction of sp³-hybridized carbons (Fsp3) is 0.500.